The molecule has 0 bridgehead atoms. The number of hydrogen-bond donors (Lipinski definition) is 1. The van der Waals surface area contributed by atoms with Gasteiger partial charge in [-0.3, -0.25) is 14.6 Å². The summed E-state index contributed by atoms with van der Waals surface area (Å²) in [6.45, 7) is 4.03. The van der Waals surface area contributed by atoms with Crippen LogP contribution in [0.25, 0.3) is 0 Å². The fourth-order valence-corrected chi connectivity index (χ4v) is 2.66. The van der Waals surface area contributed by atoms with Crippen LogP contribution in [0.5, 0.6) is 0 Å². The summed E-state index contributed by atoms with van der Waals surface area (Å²) in [4.78, 5) is 14.8. The van der Waals surface area contributed by atoms with Gasteiger partial charge in [-0.25, -0.2) is 4.39 Å². The van der Waals surface area contributed by atoms with E-state index in [1.165, 1.54) is 12.1 Å². The third-order valence-electron chi connectivity index (χ3n) is 3.23. The molecule has 0 aliphatic carbocycles. The molecule has 0 spiro atoms. The smallest absolute Gasteiger partial charge is 0.317 e. The van der Waals surface area contributed by atoms with Crippen molar-refractivity contribution in [1.29, 1.82) is 0 Å². The molecule has 1 N–H and O–H groups in total. The second-order valence-electron chi connectivity index (χ2n) is 4.68. The van der Waals surface area contributed by atoms with Crippen LogP contribution in [0.4, 0.5) is 4.39 Å². The molecule has 0 atom stereocenters. The molecule has 1 aromatic rings. The number of benzene rings is 1. The number of rotatable bonds is 4. The molecule has 1 aromatic carbocycles. The molecular formula is C13H16BrFN2O2. The van der Waals surface area contributed by atoms with E-state index in [1.807, 2.05) is 4.90 Å². The van der Waals surface area contributed by atoms with Gasteiger partial charge in [0.25, 0.3) is 0 Å². The molecule has 1 saturated heterocycles. The molecule has 0 saturated carbocycles. The number of aliphatic carboxylic acids is 1. The summed E-state index contributed by atoms with van der Waals surface area (Å²) in [6.07, 6.45) is 0. The summed E-state index contributed by atoms with van der Waals surface area (Å²) in [5.74, 6) is -1.03. The van der Waals surface area contributed by atoms with E-state index in [1.54, 1.807) is 6.07 Å². The predicted molar refractivity (Wildman–Crippen MR) is 73.5 cm³/mol. The van der Waals surface area contributed by atoms with Gasteiger partial charge in [0.15, 0.2) is 0 Å². The quantitative estimate of drug-likeness (QED) is 0.914. The van der Waals surface area contributed by atoms with Crippen LogP contribution >= 0.6 is 15.9 Å². The van der Waals surface area contributed by atoms with Crippen LogP contribution in [-0.2, 0) is 11.3 Å². The van der Waals surface area contributed by atoms with Crippen LogP contribution in [-0.4, -0.2) is 53.6 Å². The molecule has 0 unspecified atom stereocenters. The summed E-state index contributed by atoms with van der Waals surface area (Å²) >= 11 is 3.36. The number of halogens is 2. The third-order valence-corrected chi connectivity index (χ3v) is 3.97. The van der Waals surface area contributed by atoms with E-state index in [-0.39, 0.29) is 12.4 Å². The van der Waals surface area contributed by atoms with Crippen molar-refractivity contribution in [3.05, 3.63) is 34.1 Å². The van der Waals surface area contributed by atoms with Crippen molar-refractivity contribution in [2.45, 2.75) is 6.54 Å². The van der Waals surface area contributed by atoms with E-state index in [4.69, 9.17) is 5.11 Å². The maximum atomic E-state index is 13.0. The molecule has 1 fully saturated rings. The average molecular weight is 331 g/mol. The van der Waals surface area contributed by atoms with Crippen LogP contribution in [0.3, 0.4) is 0 Å². The van der Waals surface area contributed by atoms with E-state index in [0.717, 1.165) is 42.8 Å². The monoisotopic (exact) mass is 330 g/mol. The Morgan fingerprint density at radius 1 is 1.26 bits per heavy atom. The first-order chi connectivity index (χ1) is 9.04. The van der Waals surface area contributed by atoms with Gasteiger partial charge in [0.1, 0.15) is 5.82 Å². The largest absolute Gasteiger partial charge is 0.480 e. The first kappa shape index (κ1) is 14.4. The van der Waals surface area contributed by atoms with E-state index < -0.39 is 5.97 Å². The van der Waals surface area contributed by atoms with Crippen molar-refractivity contribution >= 4 is 21.9 Å². The highest BCUT2D eigenvalue weighted by molar-refractivity contribution is 9.10. The van der Waals surface area contributed by atoms with Crippen LogP contribution in [0.15, 0.2) is 22.7 Å². The highest BCUT2D eigenvalue weighted by Gasteiger charge is 2.19. The molecule has 19 heavy (non-hydrogen) atoms. The van der Waals surface area contributed by atoms with Crippen LogP contribution in [0, 0.1) is 5.82 Å². The molecule has 1 aliphatic heterocycles. The highest BCUT2D eigenvalue weighted by atomic mass is 79.9. The molecule has 4 nitrogen and oxygen atoms in total. The molecular weight excluding hydrogens is 315 g/mol. The minimum absolute atomic E-state index is 0.105. The van der Waals surface area contributed by atoms with Gasteiger partial charge in [-0.1, -0.05) is 22.0 Å². The molecule has 6 heteroatoms. The minimum atomic E-state index is -0.783. The van der Waals surface area contributed by atoms with E-state index >= 15 is 0 Å². The Labute approximate surface area is 119 Å². The molecule has 2 rings (SSSR count). The molecule has 1 heterocycles. The molecule has 0 amide bonds. The zero-order chi connectivity index (χ0) is 13.8. The van der Waals surface area contributed by atoms with Gasteiger partial charge < -0.3 is 5.11 Å². The van der Waals surface area contributed by atoms with Gasteiger partial charge >= 0.3 is 5.97 Å². The summed E-state index contributed by atoms with van der Waals surface area (Å²) < 4.78 is 13.8. The van der Waals surface area contributed by atoms with Crippen molar-refractivity contribution in [3.8, 4) is 0 Å². The van der Waals surface area contributed by atoms with Crippen molar-refractivity contribution in [3.63, 3.8) is 0 Å². The number of carbonyl (C=O) groups is 1. The zero-order valence-corrected chi connectivity index (χ0v) is 12.1. The number of hydrogen-bond acceptors (Lipinski definition) is 3. The number of carboxylic acids is 1. The lowest BCUT2D eigenvalue weighted by Crippen LogP contribution is -2.47. The maximum absolute atomic E-state index is 13.0. The fraction of sp³-hybridized carbons (Fsp3) is 0.462. The first-order valence-electron chi connectivity index (χ1n) is 6.15. The lowest BCUT2D eigenvalue weighted by atomic mass is 10.2. The minimum Gasteiger partial charge on any atom is -0.480 e. The Kier molecular flexibility index (Phi) is 4.90. The van der Waals surface area contributed by atoms with E-state index in [2.05, 4.69) is 20.8 Å². The van der Waals surface area contributed by atoms with Crippen LogP contribution < -0.4 is 0 Å². The SMILES string of the molecule is O=C(O)CN1CCN(Cc2ccc(F)cc2Br)CC1. The molecule has 104 valence electrons. The van der Waals surface area contributed by atoms with Gasteiger partial charge in [-0.05, 0) is 17.7 Å². The second-order valence-corrected chi connectivity index (χ2v) is 5.54. The van der Waals surface area contributed by atoms with E-state index in [9.17, 15) is 9.18 Å². The Morgan fingerprint density at radius 2 is 1.89 bits per heavy atom. The summed E-state index contributed by atoms with van der Waals surface area (Å²) in [5, 5.41) is 8.73. The molecule has 1 aliphatic rings. The standard InChI is InChI=1S/C13H16BrFN2O2/c14-12-7-11(15)2-1-10(12)8-16-3-5-17(6-4-16)9-13(18)19/h1-2,7H,3-6,8-9H2,(H,18,19). The van der Waals surface area contributed by atoms with Crippen molar-refractivity contribution < 1.29 is 14.3 Å². The topological polar surface area (TPSA) is 43.8 Å². The summed E-state index contributed by atoms with van der Waals surface area (Å²) in [5.41, 5.74) is 1.05. The fourth-order valence-electron chi connectivity index (χ4n) is 2.19. The Balaban J connectivity index is 1.87. The van der Waals surface area contributed by atoms with Gasteiger partial charge in [-0.15, -0.1) is 0 Å². The van der Waals surface area contributed by atoms with Crippen molar-refractivity contribution in [2.24, 2.45) is 0 Å². The second kappa shape index (κ2) is 6.45. The Morgan fingerprint density at radius 3 is 2.47 bits per heavy atom. The average Bonchev–Trinajstić information content (AvgIpc) is 2.34. The molecule has 0 aromatic heterocycles. The first-order valence-corrected chi connectivity index (χ1v) is 6.94. The lowest BCUT2D eigenvalue weighted by molar-refractivity contribution is -0.138. The number of piperazine rings is 1. The van der Waals surface area contributed by atoms with E-state index in [0.29, 0.717) is 0 Å². The predicted octanol–water partition coefficient (Wildman–Crippen LogP) is 1.79. The van der Waals surface area contributed by atoms with Crippen molar-refractivity contribution in [1.82, 2.24) is 9.80 Å². The number of nitrogens with zero attached hydrogens (tertiary/aromatic N) is 2. The van der Waals surface area contributed by atoms with Crippen molar-refractivity contribution in [2.75, 3.05) is 32.7 Å². The zero-order valence-electron chi connectivity index (χ0n) is 10.5. The third kappa shape index (κ3) is 4.26. The summed E-state index contributed by atoms with van der Waals surface area (Å²) in [6, 6.07) is 4.71. The Bertz CT molecular complexity index is 462. The highest BCUT2D eigenvalue weighted by Crippen LogP contribution is 2.20. The van der Waals surface area contributed by atoms with Gasteiger partial charge in [-0.2, -0.15) is 0 Å². The normalized spacial score (nSPS) is 17.6. The van der Waals surface area contributed by atoms with Gasteiger partial charge in [0, 0.05) is 37.2 Å². The van der Waals surface area contributed by atoms with Gasteiger partial charge in [0.2, 0.25) is 0 Å². The molecule has 0 radical (unpaired) electrons. The maximum Gasteiger partial charge on any atom is 0.317 e. The lowest BCUT2D eigenvalue weighted by Gasteiger charge is -2.33. The summed E-state index contributed by atoms with van der Waals surface area (Å²) in [7, 11) is 0. The van der Waals surface area contributed by atoms with Gasteiger partial charge in [0.05, 0.1) is 6.54 Å². The van der Waals surface area contributed by atoms with Crippen LogP contribution in [0.2, 0.25) is 0 Å². The Hall–Kier alpha value is -0.980. The number of carboxylic acid groups (broad SMARTS) is 1. The van der Waals surface area contributed by atoms with Crippen LogP contribution in [0.1, 0.15) is 5.56 Å².